The minimum atomic E-state index is -0.940. The Morgan fingerprint density at radius 3 is 2.20 bits per heavy atom. The summed E-state index contributed by atoms with van der Waals surface area (Å²) in [4.78, 5) is 9.23. The highest BCUT2D eigenvalue weighted by Crippen LogP contribution is 1.38. The van der Waals surface area contributed by atoms with Crippen molar-refractivity contribution in [3.63, 3.8) is 0 Å². The van der Waals surface area contributed by atoms with Crippen LogP contribution in [-0.4, -0.2) is 11.2 Å². The molecular formula is CH4N2O2. The first-order valence-electron chi connectivity index (χ1n) is 0.966. The molecule has 0 spiro atoms. The minimum Gasteiger partial charge on any atom is -0.350 e. The van der Waals surface area contributed by atoms with E-state index >= 15 is 0 Å². The molecule has 4 N–H and O–H groups in total. The van der Waals surface area contributed by atoms with Crippen LogP contribution in [0.2, 0.25) is 0 Å². The third-order valence-electron chi connectivity index (χ3n) is 0.110. The maximum Gasteiger partial charge on any atom is 0.335 e. The minimum absolute atomic E-state index is 0.940. The highest BCUT2D eigenvalue weighted by molar-refractivity contribution is 5.69. The van der Waals surface area contributed by atoms with Crippen LogP contribution in [0.1, 0.15) is 0 Å². The number of urea groups is 1. The van der Waals surface area contributed by atoms with E-state index in [2.05, 4.69) is 5.73 Å². The first-order valence-corrected chi connectivity index (χ1v) is 0.966. The van der Waals surface area contributed by atoms with Crippen LogP contribution in [0.3, 0.4) is 0 Å². The van der Waals surface area contributed by atoms with Gasteiger partial charge in [-0.25, -0.2) is 10.3 Å². The van der Waals surface area contributed by atoms with E-state index < -0.39 is 6.03 Å². The summed E-state index contributed by atoms with van der Waals surface area (Å²) >= 11 is 0. The number of nitrogens with one attached hydrogen (secondary N) is 1. The molecule has 30 valence electrons. The quantitative estimate of drug-likeness (QED) is 0.258. The number of hydroxylamine groups is 1. The molecule has 0 aliphatic carbocycles. The molecule has 0 aromatic carbocycles. The van der Waals surface area contributed by atoms with Crippen molar-refractivity contribution in [3.05, 3.63) is 0 Å². The second-order valence-electron chi connectivity index (χ2n) is 0.476. The fraction of sp³-hybridized carbons (Fsp3) is 0. The molecule has 4 heteroatoms. The van der Waals surface area contributed by atoms with Gasteiger partial charge >= 0.3 is 6.03 Å². The average molecular weight is 78.0 g/mol. The van der Waals surface area contributed by atoms with Gasteiger partial charge in [0.05, 0.1) is 0 Å². The summed E-state index contributed by atoms with van der Waals surface area (Å²) in [5, 5.41) is 7.42. The Morgan fingerprint density at radius 2 is 2.20 bits per heavy atom. The SMILES string of the molecule is N[14C](=O)NO. The average Bonchev–Trinajstić information content (AvgIpc) is 1.38. The molecule has 0 aromatic rings. The summed E-state index contributed by atoms with van der Waals surface area (Å²) < 4.78 is 0. The van der Waals surface area contributed by atoms with E-state index in [0.717, 1.165) is 0 Å². The number of nitrogens with two attached hydrogens (primary N) is 1. The van der Waals surface area contributed by atoms with Gasteiger partial charge in [0, 0.05) is 0 Å². The van der Waals surface area contributed by atoms with Crippen molar-refractivity contribution in [2.45, 2.75) is 0 Å². The van der Waals surface area contributed by atoms with Gasteiger partial charge in [0.1, 0.15) is 0 Å². The van der Waals surface area contributed by atoms with Crippen molar-refractivity contribution in [2.24, 2.45) is 5.73 Å². The summed E-state index contributed by atoms with van der Waals surface area (Å²) in [6.07, 6.45) is 0. The topological polar surface area (TPSA) is 75.4 Å². The van der Waals surface area contributed by atoms with Gasteiger partial charge in [0.25, 0.3) is 0 Å². The van der Waals surface area contributed by atoms with E-state index in [9.17, 15) is 4.79 Å². The lowest BCUT2D eigenvalue weighted by atomic mass is 12.4. The Bertz CT molecular complexity index is 42.9. The highest BCUT2D eigenvalue weighted by Gasteiger charge is 1.75. The van der Waals surface area contributed by atoms with Gasteiger partial charge in [-0.1, -0.05) is 0 Å². The molecule has 0 saturated carbocycles. The zero-order valence-electron chi connectivity index (χ0n) is 2.43. The standard InChI is InChI=1S/CH4N2O2/c2-1(4)3-5/h5H,(H3,2,3,4)/i1+2. The molecule has 0 bridgehead atoms. The molecule has 5 heavy (non-hydrogen) atoms. The molecule has 0 atom stereocenters. The molecular weight excluding hydrogens is 74.0 g/mol. The fourth-order valence-electron chi connectivity index (χ4n) is 0. The first kappa shape index (κ1) is 4.23. The number of amides is 2. The third kappa shape index (κ3) is 3.23. The molecule has 0 rings (SSSR count). The van der Waals surface area contributed by atoms with Crippen LogP contribution in [0.15, 0.2) is 0 Å². The zero-order valence-corrected chi connectivity index (χ0v) is 2.43. The van der Waals surface area contributed by atoms with Crippen molar-refractivity contribution in [2.75, 3.05) is 0 Å². The monoisotopic (exact) mass is 78.0 g/mol. The van der Waals surface area contributed by atoms with E-state index in [4.69, 9.17) is 5.21 Å². The molecule has 0 radical (unpaired) electrons. The van der Waals surface area contributed by atoms with Crippen LogP contribution in [0.4, 0.5) is 4.79 Å². The van der Waals surface area contributed by atoms with Gasteiger partial charge in [0.15, 0.2) is 0 Å². The normalized spacial score (nSPS) is 6.60. The van der Waals surface area contributed by atoms with E-state index in [0.29, 0.717) is 0 Å². The van der Waals surface area contributed by atoms with Gasteiger partial charge in [0.2, 0.25) is 0 Å². The van der Waals surface area contributed by atoms with E-state index in [1.54, 1.807) is 0 Å². The smallest absolute Gasteiger partial charge is 0.335 e. The molecule has 4 nitrogen and oxygen atoms in total. The number of primary amides is 1. The number of rotatable bonds is 0. The van der Waals surface area contributed by atoms with Gasteiger partial charge in [-0.15, -0.1) is 0 Å². The lowest BCUT2D eigenvalue weighted by Gasteiger charge is -1.79. The molecule has 0 fully saturated rings. The Hall–Kier alpha value is -0.770. The summed E-state index contributed by atoms with van der Waals surface area (Å²) in [5.41, 5.74) is 5.46. The molecule has 0 aromatic heterocycles. The number of carbonyl (C=O) groups excluding carboxylic acids is 1. The Balaban J connectivity index is 2.85. The molecule has 0 saturated heterocycles. The summed E-state index contributed by atoms with van der Waals surface area (Å²) in [6, 6.07) is -0.940. The molecule has 0 aliphatic heterocycles. The molecule has 0 heterocycles. The van der Waals surface area contributed by atoms with E-state index in [1.807, 2.05) is 0 Å². The lowest BCUT2D eigenvalue weighted by Crippen LogP contribution is -2.25. The van der Waals surface area contributed by atoms with Crippen LogP contribution < -0.4 is 11.2 Å². The Labute approximate surface area is 28.5 Å². The van der Waals surface area contributed by atoms with Gasteiger partial charge in [-0.05, 0) is 0 Å². The zero-order chi connectivity index (χ0) is 4.28. The fourth-order valence-corrected chi connectivity index (χ4v) is 0. The Kier molecular flexibility index (Phi) is 1.30. The van der Waals surface area contributed by atoms with Crippen LogP contribution in [-0.2, 0) is 0 Å². The lowest BCUT2D eigenvalue weighted by molar-refractivity contribution is 0.169. The summed E-state index contributed by atoms with van der Waals surface area (Å²) in [7, 11) is 0. The van der Waals surface area contributed by atoms with Crippen molar-refractivity contribution in [3.8, 4) is 0 Å². The van der Waals surface area contributed by atoms with Crippen molar-refractivity contribution in [1.29, 1.82) is 0 Å². The molecule has 0 unspecified atom stereocenters. The van der Waals surface area contributed by atoms with Crippen molar-refractivity contribution >= 4 is 6.03 Å². The second kappa shape index (κ2) is 1.54. The van der Waals surface area contributed by atoms with Crippen molar-refractivity contribution in [1.82, 2.24) is 5.48 Å². The predicted molar refractivity (Wildman–Crippen MR) is 14.5 cm³/mol. The number of carbonyl (C=O) groups is 1. The van der Waals surface area contributed by atoms with Gasteiger partial charge < -0.3 is 5.73 Å². The van der Waals surface area contributed by atoms with Crippen LogP contribution in [0, 0.1) is 0 Å². The summed E-state index contributed by atoms with van der Waals surface area (Å²) in [5.74, 6) is 0. The second-order valence-corrected chi connectivity index (χ2v) is 0.476. The van der Waals surface area contributed by atoms with Crippen molar-refractivity contribution < 1.29 is 10.0 Å². The predicted octanol–water partition coefficient (Wildman–Crippen LogP) is -0.956. The van der Waals surface area contributed by atoms with E-state index in [1.165, 1.54) is 5.48 Å². The Morgan fingerprint density at radius 1 is 2.00 bits per heavy atom. The van der Waals surface area contributed by atoms with Crippen LogP contribution >= 0.6 is 0 Å². The van der Waals surface area contributed by atoms with Gasteiger partial charge in [-0.2, -0.15) is 0 Å². The number of hydrogen-bond donors (Lipinski definition) is 3. The molecule has 2 amide bonds. The maximum absolute atomic E-state index is 9.23. The molecule has 0 aliphatic rings. The maximum atomic E-state index is 9.23. The largest absolute Gasteiger partial charge is 0.350 e. The highest BCUT2D eigenvalue weighted by atomic mass is 16.6. The van der Waals surface area contributed by atoms with Crippen LogP contribution in [0.5, 0.6) is 0 Å². The number of hydrogen-bond acceptors (Lipinski definition) is 2. The summed E-state index contributed by atoms with van der Waals surface area (Å²) in [6.45, 7) is 0. The van der Waals surface area contributed by atoms with Gasteiger partial charge in [-0.3, -0.25) is 5.21 Å². The first-order chi connectivity index (χ1) is 2.27. The third-order valence-corrected chi connectivity index (χ3v) is 0.110. The van der Waals surface area contributed by atoms with E-state index in [-0.39, 0.29) is 0 Å². The van der Waals surface area contributed by atoms with Crippen LogP contribution in [0.25, 0.3) is 0 Å².